The number of hydrogen-bond donors (Lipinski definition) is 1. The number of nitrogens with one attached hydrogen (secondary N) is 1. The first-order chi connectivity index (χ1) is 7.04. The van der Waals surface area contributed by atoms with E-state index in [1.807, 2.05) is 26.8 Å². The molecule has 15 heavy (non-hydrogen) atoms. The van der Waals surface area contributed by atoms with Gasteiger partial charge in [0, 0.05) is 10.4 Å². The van der Waals surface area contributed by atoms with Crippen molar-refractivity contribution in [2.75, 3.05) is 5.32 Å². The number of aryl methyl sites for hydroxylation is 1. The van der Waals surface area contributed by atoms with Crippen LogP contribution in [0.5, 0.6) is 0 Å². The zero-order chi connectivity index (χ0) is 11.4. The molecule has 1 N–H and O–H groups in total. The zero-order valence-electron chi connectivity index (χ0n) is 9.17. The lowest BCUT2D eigenvalue weighted by molar-refractivity contribution is -0.119. The molecule has 0 saturated heterocycles. The van der Waals surface area contributed by atoms with Crippen LogP contribution in [0.4, 0.5) is 5.82 Å². The van der Waals surface area contributed by atoms with Crippen molar-refractivity contribution in [3.63, 3.8) is 0 Å². The fourth-order valence-corrected chi connectivity index (χ4v) is 1.27. The second kappa shape index (κ2) is 5.26. The highest BCUT2D eigenvalue weighted by molar-refractivity contribution is 9.10. The summed E-state index contributed by atoms with van der Waals surface area (Å²) in [6, 6.07) is 3.67. The van der Waals surface area contributed by atoms with Crippen LogP contribution in [0, 0.1) is 12.8 Å². The van der Waals surface area contributed by atoms with Gasteiger partial charge in [-0.05, 0) is 41.4 Å². The summed E-state index contributed by atoms with van der Waals surface area (Å²) >= 11 is 3.36. The minimum absolute atomic E-state index is 0.0201. The summed E-state index contributed by atoms with van der Waals surface area (Å²) in [4.78, 5) is 15.8. The summed E-state index contributed by atoms with van der Waals surface area (Å²) in [7, 11) is 0. The van der Waals surface area contributed by atoms with Crippen molar-refractivity contribution < 1.29 is 4.79 Å². The van der Waals surface area contributed by atoms with Gasteiger partial charge in [-0.15, -0.1) is 0 Å². The third-order valence-electron chi connectivity index (χ3n) is 2.33. The maximum atomic E-state index is 11.6. The highest BCUT2D eigenvalue weighted by atomic mass is 79.9. The van der Waals surface area contributed by atoms with Crippen molar-refractivity contribution in [3.8, 4) is 0 Å². The number of carbonyl (C=O) groups excluding carboxylic acids is 1. The molecule has 1 amide bonds. The zero-order valence-corrected chi connectivity index (χ0v) is 10.8. The lowest BCUT2D eigenvalue weighted by Crippen LogP contribution is -2.20. The Kier molecular flexibility index (Phi) is 4.27. The number of hydrogen-bond acceptors (Lipinski definition) is 2. The summed E-state index contributed by atoms with van der Waals surface area (Å²) in [5.74, 6) is 0.656. The van der Waals surface area contributed by atoms with Crippen LogP contribution >= 0.6 is 15.9 Å². The Hall–Kier alpha value is -0.900. The summed E-state index contributed by atoms with van der Waals surface area (Å²) in [6.07, 6.45) is 0.835. The predicted octanol–water partition coefficient (Wildman–Crippen LogP) is 3.14. The van der Waals surface area contributed by atoms with Crippen molar-refractivity contribution in [1.29, 1.82) is 0 Å². The van der Waals surface area contributed by atoms with Crippen LogP contribution in [0.25, 0.3) is 0 Å². The van der Waals surface area contributed by atoms with Gasteiger partial charge in [-0.1, -0.05) is 13.8 Å². The van der Waals surface area contributed by atoms with Gasteiger partial charge in [0.1, 0.15) is 5.82 Å². The van der Waals surface area contributed by atoms with Gasteiger partial charge in [0.2, 0.25) is 5.91 Å². The third kappa shape index (κ3) is 3.30. The van der Waals surface area contributed by atoms with Crippen LogP contribution in [0.2, 0.25) is 0 Å². The summed E-state index contributed by atoms with van der Waals surface area (Å²) in [5, 5.41) is 2.79. The van der Waals surface area contributed by atoms with E-state index < -0.39 is 0 Å². The van der Waals surface area contributed by atoms with Crippen LogP contribution < -0.4 is 5.32 Å². The van der Waals surface area contributed by atoms with E-state index >= 15 is 0 Å². The molecule has 1 rings (SSSR count). The van der Waals surface area contributed by atoms with E-state index in [1.54, 1.807) is 6.07 Å². The Morgan fingerprint density at radius 3 is 2.80 bits per heavy atom. The number of halogens is 1. The molecule has 0 radical (unpaired) electrons. The van der Waals surface area contributed by atoms with E-state index in [0.29, 0.717) is 5.82 Å². The molecular formula is C11H15BrN2O. The van der Waals surface area contributed by atoms with Crippen molar-refractivity contribution >= 4 is 27.7 Å². The Balaban J connectivity index is 2.73. The van der Waals surface area contributed by atoms with Crippen LogP contribution in [0.15, 0.2) is 16.6 Å². The SMILES string of the molecule is CCC(C)C(=O)Nc1ccc(Br)c(C)n1. The first-order valence-corrected chi connectivity index (χ1v) is 5.78. The maximum absolute atomic E-state index is 11.6. The van der Waals surface area contributed by atoms with Gasteiger partial charge in [0.25, 0.3) is 0 Å². The molecule has 1 aromatic rings. The molecule has 0 aliphatic carbocycles. The number of rotatable bonds is 3. The smallest absolute Gasteiger partial charge is 0.228 e. The summed E-state index contributed by atoms with van der Waals surface area (Å²) in [5.41, 5.74) is 0.872. The number of pyridine rings is 1. The van der Waals surface area contributed by atoms with Gasteiger partial charge in [-0.2, -0.15) is 0 Å². The topological polar surface area (TPSA) is 42.0 Å². The third-order valence-corrected chi connectivity index (χ3v) is 3.17. The molecule has 1 unspecified atom stereocenters. The summed E-state index contributed by atoms with van der Waals surface area (Å²) < 4.78 is 0.948. The largest absolute Gasteiger partial charge is 0.310 e. The molecule has 3 nitrogen and oxygen atoms in total. The molecule has 1 atom stereocenters. The molecule has 0 fully saturated rings. The lowest BCUT2D eigenvalue weighted by atomic mass is 10.1. The van der Waals surface area contributed by atoms with E-state index in [4.69, 9.17) is 0 Å². The molecule has 0 spiro atoms. The van der Waals surface area contributed by atoms with Crippen LogP contribution in [-0.2, 0) is 4.79 Å². The van der Waals surface area contributed by atoms with Crippen LogP contribution in [0.1, 0.15) is 26.0 Å². The van der Waals surface area contributed by atoms with E-state index in [1.165, 1.54) is 0 Å². The van der Waals surface area contributed by atoms with Crippen molar-refractivity contribution in [3.05, 3.63) is 22.3 Å². The monoisotopic (exact) mass is 270 g/mol. The van der Waals surface area contributed by atoms with Crippen LogP contribution in [0.3, 0.4) is 0 Å². The average Bonchev–Trinajstić information content (AvgIpc) is 2.22. The number of anilines is 1. The maximum Gasteiger partial charge on any atom is 0.228 e. The number of aromatic nitrogens is 1. The molecular weight excluding hydrogens is 256 g/mol. The average molecular weight is 271 g/mol. The van der Waals surface area contributed by atoms with E-state index in [0.717, 1.165) is 16.6 Å². The highest BCUT2D eigenvalue weighted by Gasteiger charge is 2.11. The van der Waals surface area contributed by atoms with Gasteiger partial charge in [-0.3, -0.25) is 4.79 Å². The van der Waals surface area contributed by atoms with E-state index in [9.17, 15) is 4.79 Å². The predicted molar refractivity (Wildman–Crippen MR) is 64.8 cm³/mol. The Morgan fingerprint density at radius 2 is 2.27 bits per heavy atom. The molecule has 0 bridgehead atoms. The minimum Gasteiger partial charge on any atom is -0.310 e. The molecule has 82 valence electrons. The van der Waals surface area contributed by atoms with Crippen LogP contribution in [-0.4, -0.2) is 10.9 Å². The van der Waals surface area contributed by atoms with Gasteiger partial charge < -0.3 is 5.32 Å². The standard InChI is InChI=1S/C11H15BrN2O/c1-4-7(2)11(15)14-10-6-5-9(12)8(3)13-10/h5-7H,4H2,1-3H3,(H,13,14,15). The lowest BCUT2D eigenvalue weighted by Gasteiger charge is -2.09. The molecule has 0 saturated carbocycles. The highest BCUT2D eigenvalue weighted by Crippen LogP contribution is 2.16. The second-order valence-electron chi connectivity index (χ2n) is 3.56. The Labute approximate surface area is 98.4 Å². The molecule has 0 aliphatic heterocycles. The molecule has 1 aromatic heterocycles. The van der Waals surface area contributed by atoms with E-state index in [2.05, 4.69) is 26.2 Å². The van der Waals surface area contributed by atoms with Gasteiger partial charge in [0.05, 0.1) is 5.69 Å². The Morgan fingerprint density at radius 1 is 1.60 bits per heavy atom. The first kappa shape index (κ1) is 12.2. The summed E-state index contributed by atoms with van der Waals surface area (Å²) in [6.45, 7) is 5.79. The number of nitrogens with zero attached hydrogens (tertiary/aromatic N) is 1. The molecule has 1 heterocycles. The van der Waals surface area contributed by atoms with Crippen molar-refractivity contribution in [1.82, 2.24) is 4.98 Å². The van der Waals surface area contributed by atoms with Crippen molar-refractivity contribution in [2.24, 2.45) is 5.92 Å². The quantitative estimate of drug-likeness (QED) is 0.917. The van der Waals surface area contributed by atoms with Gasteiger partial charge >= 0.3 is 0 Å². The number of carbonyl (C=O) groups is 1. The normalized spacial score (nSPS) is 12.3. The van der Waals surface area contributed by atoms with E-state index in [-0.39, 0.29) is 11.8 Å². The molecule has 0 aromatic carbocycles. The Bertz CT molecular complexity index is 366. The second-order valence-corrected chi connectivity index (χ2v) is 4.42. The van der Waals surface area contributed by atoms with Gasteiger partial charge in [-0.25, -0.2) is 4.98 Å². The fourth-order valence-electron chi connectivity index (χ4n) is 1.05. The van der Waals surface area contributed by atoms with Crippen molar-refractivity contribution in [2.45, 2.75) is 27.2 Å². The first-order valence-electron chi connectivity index (χ1n) is 4.98. The molecule has 4 heteroatoms. The fraction of sp³-hybridized carbons (Fsp3) is 0.455. The van der Waals surface area contributed by atoms with Gasteiger partial charge in [0.15, 0.2) is 0 Å². The minimum atomic E-state index is 0.0201. The number of amides is 1. The molecule has 0 aliphatic rings.